The predicted octanol–water partition coefficient (Wildman–Crippen LogP) is 0.845. The number of hydrazine groups is 1. The van der Waals surface area contributed by atoms with E-state index in [1.165, 1.54) is 6.42 Å². The third kappa shape index (κ3) is 5.55. The summed E-state index contributed by atoms with van der Waals surface area (Å²) in [6, 6.07) is 9.25. The fraction of sp³-hybridized carbons (Fsp3) is 0.250. The van der Waals surface area contributed by atoms with Gasteiger partial charge in [-0.25, -0.2) is 0 Å². The average molecular weight is 234 g/mol. The lowest BCUT2D eigenvalue weighted by Crippen LogP contribution is -2.31. The van der Waals surface area contributed by atoms with Crippen molar-refractivity contribution in [3.63, 3.8) is 0 Å². The monoisotopic (exact) mass is 234 g/mol. The minimum atomic E-state index is -0.419. The second kappa shape index (κ2) is 6.52. The molecule has 0 unspecified atom stereocenters. The molecule has 0 heterocycles. The summed E-state index contributed by atoms with van der Waals surface area (Å²) < 4.78 is 0. The van der Waals surface area contributed by atoms with Crippen LogP contribution >= 0.6 is 0 Å². The van der Waals surface area contributed by atoms with Crippen LogP contribution in [0, 0.1) is 12.3 Å². The van der Waals surface area contributed by atoms with Crippen molar-refractivity contribution in [1.82, 2.24) is 5.43 Å². The van der Waals surface area contributed by atoms with Crippen molar-refractivity contribution in [1.29, 1.82) is 0 Å². The smallest absolute Gasteiger partial charge is 0.242 e. The van der Waals surface area contributed by atoms with Crippen LogP contribution in [-0.2, 0) is 9.59 Å². The molecule has 0 aliphatic rings. The van der Waals surface area contributed by atoms with Gasteiger partial charge in [-0.3, -0.25) is 20.4 Å². The van der Waals surface area contributed by atoms with Crippen molar-refractivity contribution in [3.05, 3.63) is 36.8 Å². The molecule has 0 spiro atoms. The second-order valence-corrected chi connectivity index (χ2v) is 3.79. The van der Waals surface area contributed by atoms with Crippen molar-refractivity contribution in [3.8, 4) is 0 Å². The van der Waals surface area contributed by atoms with E-state index in [1.54, 1.807) is 6.92 Å². The molecule has 2 amide bonds. The first-order chi connectivity index (χ1) is 8.08. The number of carbonyl (C=O) groups is 2. The van der Waals surface area contributed by atoms with E-state index in [0.717, 1.165) is 5.69 Å². The van der Waals surface area contributed by atoms with Crippen molar-refractivity contribution in [2.24, 2.45) is 11.7 Å². The number of benzene rings is 1. The number of amides is 2. The summed E-state index contributed by atoms with van der Waals surface area (Å²) in [7, 11) is 0. The Morgan fingerprint density at radius 2 is 2.00 bits per heavy atom. The zero-order chi connectivity index (χ0) is 12.7. The topological polar surface area (TPSA) is 84.2 Å². The van der Waals surface area contributed by atoms with Gasteiger partial charge in [-0.05, 0) is 18.1 Å². The number of rotatable bonds is 6. The quantitative estimate of drug-likeness (QED) is 0.638. The standard InChI is InChI=1S/C12H16N3O2/c1-9(7-11(13)16)8-12(17)15-14-10-5-3-2-4-6-10/h2-6,8-9,14H,7H2,1H3,(H2,13,16)(H,15,17)/t9-/m1/s1. The van der Waals surface area contributed by atoms with E-state index < -0.39 is 5.91 Å². The average Bonchev–Trinajstić information content (AvgIpc) is 2.26. The number of para-hydroxylation sites is 1. The normalized spacial score (nSPS) is 11.6. The Labute approximate surface area is 100 Å². The SMILES string of the molecule is C[C@@H]([CH]C(=O)NNc1ccccc1)CC(N)=O. The van der Waals surface area contributed by atoms with Gasteiger partial charge in [-0.2, -0.15) is 0 Å². The maximum Gasteiger partial charge on any atom is 0.242 e. The second-order valence-electron chi connectivity index (χ2n) is 3.79. The molecule has 0 saturated carbocycles. The van der Waals surface area contributed by atoms with E-state index in [9.17, 15) is 9.59 Å². The molecule has 0 aliphatic carbocycles. The summed E-state index contributed by atoms with van der Waals surface area (Å²) in [5.74, 6) is -0.884. The lowest BCUT2D eigenvalue weighted by Gasteiger charge is -2.10. The van der Waals surface area contributed by atoms with Crippen LogP contribution in [0.25, 0.3) is 0 Å². The number of anilines is 1. The van der Waals surface area contributed by atoms with E-state index in [2.05, 4.69) is 10.9 Å². The van der Waals surface area contributed by atoms with Crippen molar-refractivity contribution < 1.29 is 9.59 Å². The molecule has 1 aromatic rings. The third-order valence-corrected chi connectivity index (χ3v) is 2.06. The molecule has 1 radical (unpaired) electrons. The highest BCUT2D eigenvalue weighted by molar-refractivity contribution is 5.86. The minimum Gasteiger partial charge on any atom is -0.370 e. The van der Waals surface area contributed by atoms with Gasteiger partial charge in [0.1, 0.15) is 0 Å². The molecule has 91 valence electrons. The molecule has 0 saturated heterocycles. The van der Waals surface area contributed by atoms with Gasteiger partial charge in [-0.15, -0.1) is 0 Å². The highest BCUT2D eigenvalue weighted by atomic mass is 16.2. The van der Waals surface area contributed by atoms with Gasteiger partial charge in [0.05, 0.1) is 12.1 Å². The van der Waals surface area contributed by atoms with Crippen LogP contribution < -0.4 is 16.6 Å². The van der Waals surface area contributed by atoms with Crippen LogP contribution in [0.15, 0.2) is 30.3 Å². The van der Waals surface area contributed by atoms with E-state index in [4.69, 9.17) is 5.73 Å². The van der Waals surface area contributed by atoms with Crippen molar-refractivity contribution in [2.45, 2.75) is 13.3 Å². The molecule has 0 fully saturated rings. The van der Waals surface area contributed by atoms with Crippen molar-refractivity contribution in [2.75, 3.05) is 5.43 Å². The Hall–Kier alpha value is -2.04. The van der Waals surface area contributed by atoms with E-state index in [-0.39, 0.29) is 18.2 Å². The lowest BCUT2D eigenvalue weighted by molar-refractivity contribution is -0.119. The van der Waals surface area contributed by atoms with Gasteiger partial charge in [-0.1, -0.05) is 25.1 Å². The summed E-state index contributed by atoms with van der Waals surface area (Å²) in [4.78, 5) is 22.1. The molecular formula is C12H16N3O2. The van der Waals surface area contributed by atoms with E-state index in [0.29, 0.717) is 0 Å². The van der Waals surface area contributed by atoms with Crippen LogP contribution in [0.3, 0.4) is 0 Å². The van der Waals surface area contributed by atoms with Gasteiger partial charge >= 0.3 is 0 Å². The molecule has 1 aromatic carbocycles. The molecule has 5 nitrogen and oxygen atoms in total. The Bertz CT molecular complexity index is 379. The summed E-state index contributed by atoms with van der Waals surface area (Å²) in [6.07, 6.45) is 1.58. The van der Waals surface area contributed by atoms with Crippen LogP contribution in [-0.4, -0.2) is 11.8 Å². The lowest BCUT2D eigenvalue weighted by atomic mass is 10.0. The van der Waals surface area contributed by atoms with Crippen LogP contribution in [0.5, 0.6) is 0 Å². The Kier molecular flexibility index (Phi) is 5.00. The minimum absolute atomic E-state index is 0.165. The molecule has 0 aliphatic heterocycles. The van der Waals surface area contributed by atoms with Crippen LogP contribution in [0.4, 0.5) is 5.69 Å². The van der Waals surface area contributed by atoms with Crippen LogP contribution in [0.1, 0.15) is 13.3 Å². The maximum atomic E-state index is 11.4. The van der Waals surface area contributed by atoms with Gasteiger partial charge in [0.25, 0.3) is 0 Å². The molecule has 0 aromatic heterocycles. The largest absolute Gasteiger partial charge is 0.370 e. The Morgan fingerprint density at radius 1 is 1.35 bits per heavy atom. The Balaban J connectivity index is 2.28. The first kappa shape index (κ1) is 13.0. The molecule has 1 rings (SSSR count). The molecular weight excluding hydrogens is 218 g/mol. The molecule has 0 bridgehead atoms. The van der Waals surface area contributed by atoms with Gasteiger partial charge < -0.3 is 5.73 Å². The zero-order valence-corrected chi connectivity index (χ0v) is 9.64. The first-order valence-corrected chi connectivity index (χ1v) is 5.32. The number of hydrogen-bond acceptors (Lipinski definition) is 3. The summed E-state index contributed by atoms with van der Waals surface area (Å²) in [5, 5.41) is 0. The molecule has 1 atom stereocenters. The number of hydrogen-bond donors (Lipinski definition) is 3. The van der Waals surface area contributed by atoms with E-state index in [1.807, 2.05) is 30.3 Å². The van der Waals surface area contributed by atoms with Gasteiger partial charge in [0.15, 0.2) is 0 Å². The highest BCUT2D eigenvalue weighted by Crippen LogP contribution is 2.06. The van der Waals surface area contributed by atoms with Crippen molar-refractivity contribution >= 4 is 17.5 Å². The first-order valence-electron chi connectivity index (χ1n) is 5.32. The van der Waals surface area contributed by atoms with E-state index >= 15 is 0 Å². The highest BCUT2D eigenvalue weighted by Gasteiger charge is 2.11. The number of primary amides is 1. The fourth-order valence-electron chi connectivity index (χ4n) is 1.33. The predicted molar refractivity (Wildman–Crippen MR) is 65.5 cm³/mol. The Morgan fingerprint density at radius 3 is 2.59 bits per heavy atom. The number of carbonyl (C=O) groups excluding carboxylic acids is 2. The summed E-state index contributed by atoms with van der Waals surface area (Å²) in [5.41, 5.74) is 11.1. The number of nitrogens with one attached hydrogen (secondary N) is 2. The molecule has 4 N–H and O–H groups in total. The van der Waals surface area contributed by atoms with Crippen LogP contribution in [0.2, 0.25) is 0 Å². The van der Waals surface area contributed by atoms with Gasteiger partial charge in [0, 0.05) is 6.42 Å². The molecule has 5 heteroatoms. The molecule has 17 heavy (non-hydrogen) atoms. The maximum absolute atomic E-state index is 11.4. The third-order valence-electron chi connectivity index (χ3n) is 2.06. The number of nitrogens with two attached hydrogens (primary N) is 1. The summed E-state index contributed by atoms with van der Waals surface area (Å²) >= 11 is 0. The van der Waals surface area contributed by atoms with Gasteiger partial charge in [0.2, 0.25) is 11.8 Å². The zero-order valence-electron chi connectivity index (χ0n) is 9.64. The fourth-order valence-corrected chi connectivity index (χ4v) is 1.33. The summed E-state index contributed by atoms with van der Waals surface area (Å²) in [6.45, 7) is 1.76.